The van der Waals surface area contributed by atoms with Crippen LogP contribution >= 0.6 is 23.8 Å². The summed E-state index contributed by atoms with van der Waals surface area (Å²) in [4.78, 5) is 24.0. The first-order chi connectivity index (χ1) is 12.5. The van der Waals surface area contributed by atoms with Crippen molar-refractivity contribution in [3.63, 3.8) is 0 Å². The van der Waals surface area contributed by atoms with Crippen LogP contribution in [0.25, 0.3) is 0 Å². The summed E-state index contributed by atoms with van der Waals surface area (Å²) >= 11 is 10.9. The molecule has 2 aromatic rings. The second-order valence-corrected chi connectivity index (χ2v) is 6.45. The standard InChI is InChI=1S/C19H20ClN3O2S/c1-2-3-12-21-17(24)13-6-10-16(11-7-13)22-19(26)23-18(25)14-4-8-15(20)9-5-14/h4-11H,2-3,12H2,1H3,(H,21,24)(H2,22,23,25,26). The van der Waals surface area contributed by atoms with Gasteiger partial charge in [0.2, 0.25) is 0 Å². The van der Waals surface area contributed by atoms with Crippen molar-refractivity contribution >= 4 is 46.4 Å². The van der Waals surface area contributed by atoms with E-state index in [4.69, 9.17) is 23.8 Å². The Morgan fingerprint density at radius 3 is 2.15 bits per heavy atom. The largest absolute Gasteiger partial charge is 0.352 e. The summed E-state index contributed by atoms with van der Waals surface area (Å²) in [5.41, 5.74) is 1.71. The zero-order chi connectivity index (χ0) is 18.9. The van der Waals surface area contributed by atoms with Crippen molar-refractivity contribution in [1.29, 1.82) is 0 Å². The molecule has 3 N–H and O–H groups in total. The van der Waals surface area contributed by atoms with E-state index >= 15 is 0 Å². The maximum atomic E-state index is 12.1. The highest BCUT2D eigenvalue weighted by molar-refractivity contribution is 7.80. The fraction of sp³-hybridized carbons (Fsp3) is 0.211. The minimum Gasteiger partial charge on any atom is -0.352 e. The Morgan fingerprint density at radius 2 is 1.54 bits per heavy atom. The van der Waals surface area contributed by atoms with Gasteiger partial charge in [0.25, 0.3) is 11.8 Å². The molecule has 0 bridgehead atoms. The lowest BCUT2D eigenvalue weighted by atomic mass is 10.2. The van der Waals surface area contributed by atoms with Crippen LogP contribution in [0.4, 0.5) is 5.69 Å². The van der Waals surface area contributed by atoms with Crippen molar-refractivity contribution in [1.82, 2.24) is 10.6 Å². The molecule has 2 aromatic carbocycles. The SMILES string of the molecule is CCCCNC(=O)c1ccc(NC(=S)NC(=O)c2ccc(Cl)cc2)cc1. The van der Waals surface area contributed by atoms with Gasteiger partial charge in [0.15, 0.2) is 5.11 Å². The van der Waals surface area contributed by atoms with Crippen LogP contribution in [0.3, 0.4) is 0 Å². The van der Waals surface area contributed by atoms with Crippen molar-refractivity contribution in [2.75, 3.05) is 11.9 Å². The molecule has 0 spiro atoms. The molecule has 0 saturated carbocycles. The number of benzene rings is 2. The Hall–Kier alpha value is -2.44. The predicted molar refractivity (Wildman–Crippen MR) is 109 cm³/mol. The van der Waals surface area contributed by atoms with E-state index in [0.29, 0.717) is 28.4 Å². The van der Waals surface area contributed by atoms with Gasteiger partial charge in [-0.3, -0.25) is 14.9 Å². The van der Waals surface area contributed by atoms with Gasteiger partial charge >= 0.3 is 0 Å². The fourth-order valence-corrected chi connectivity index (χ4v) is 2.46. The number of anilines is 1. The van der Waals surface area contributed by atoms with Crippen LogP contribution in [0.5, 0.6) is 0 Å². The lowest BCUT2D eigenvalue weighted by molar-refractivity contribution is 0.0950. The highest BCUT2D eigenvalue weighted by Gasteiger charge is 2.09. The van der Waals surface area contributed by atoms with Crippen molar-refractivity contribution in [3.8, 4) is 0 Å². The Bertz CT molecular complexity index is 776. The Morgan fingerprint density at radius 1 is 0.962 bits per heavy atom. The lowest BCUT2D eigenvalue weighted by Gasteiger charge is -2.10. The molecule has 26 heavy (non-hydrogen) atoms. The van der Waals surface area contributed by atoms with Crippen molar-refractivity contribution in [2.24, 2.45) is 0 Å². The van der Waals surface area contributed by atoms with E-state index in [1.165, 1.54) is 0 Å². The number of halogens is 1. The Balaban J connectivity index is 1.87. The molecule has 2 amide bonds. The summed E-state index contributed by atoms with van der Waals surface area (Å²) in [5.74, 6) is -0.435. The number of unbranched alkanes of at least 4 members (excludes halogenated alkanes) is 1. The van der Waals surface area contributed by atoms with Crippen LogP contribution in [0.15, 0.2) is 48.5 Å². The molecule has 5 nitrogen and oxygen atoms in total. The highest BCUT2D eigenvalue weighted by Crippen LogP contribution is 2.11. The molecule has 136 valence electrons. The molecule has 0 aliphatic heterocycles. The van der Waals surface area contributed by atoms with Crippen molar-refractivity contribution in [3.05, 3.63) is 64.7 Å². The third-order valence-electron chi connectivity index (χ3n) is 3.55. The quantitative estimate of drug-likeness (QED) is 0.516. The number of carbonyl (C=O) groups excluding carboxylic acids is 2. The number of amides is 2. The third kappa shape index (κ3) is 6.13. The fourth-order valence-electron chi connectivity index (χ4n) is 2.12. The van der Waals surface area contributed by atoms with E-state index in [9.17, 15) is 9.59 Å². The van der Waals surface area contributed by atoms with Crippen LogP contribution in [0.2, 0.25) is 5.02 Å². The van der Waals surface area contributed by atoms with Crippen LogP contribution < -0.4 is 16.0 Å². The van der Waals surface area contributed by atoms with Gasteiger partial charge in [-0.15, -0.1) is 0 Å². The molecule has 0 unspecified atom stereocenters. The number of nitrogens with one attached hydrogen (secondary N) is 3. The van der Waals surface area contributed by atoms with Gasteiger partial charge in [0.1, 0.15) is 0 Å². The van der Waals surface area contributed by atoms with Crippen molar-refractivity contribution < 1.29 is 9.59 Å². The molecule has 2 rings (SSSR count). The van der Waals surface area contributed by atoms with Crippen LogP contribution in [-0.2, 0) is 0 Å². The van der Waals surface area contributed by atoms with E-state index in [1.54, 1.807) is 48.5 Å². The predicted octanol–water partition coefficient (Wildman–Crippen LogP) is 4.00. The average molecular weight is 390 g/mol. The van der Waals surface area contributed by atoms with Gasteiger partial charge in [-0.25, -0.2) is 0 Å². The van der Waals surface area contributed by atoms with E-state index in [1.807, 2.05) is 0 Å². The minimum absolute atomic E-state index is 0.108. The topological polar surface area (TPSA) is 70.2 Å². The maximum absolute atomic E-state index is 12.1. The first-order valence-corrected chi connectivity index (χ1v) is 9.04. The van der Waals surface area contributed by atoms with E-state index in [-0.39, 0.29) is 16.9 Å². The number of carbonyl (C=O) groups is 2. The number of hydrogen-bond acceptors (Lipinski definition) is 3. The first-order valence-electron chi connectivity index (χ1n) is 8.25. The molecule has 0 atom stereocenters. The summed E-state index contributed by atoms with van der Waals surface area (Å²) in [6.07, 6.45) is 1.98. The van der Waals surface area contributed by atoms with Crippen LogP contribution in [0, 0.1) is 0 Å². The Kier molecular flexibility index (Phi) is 7.56. The molecule has 0 heterocycles. The maximum Gasteiger partial charge on any atom is 0.257 e. The summed E-state index contributed by atoms with van der Waals surface area (Å²) in [6.45, 7) is 2.73. The zero-order valence-electron chi connectivity index (χ0n) is 14.3. The van der Waals surface area contributed by atoms with Gasteiger partial charge in [0, 0.05) is 28.4 Å². The summed E-state index contributed by atoms with van der Waals surface area (Å²) in [5, 5.41) is 9.09. The van der Waals surface area contributed by atoms with Gasteiger partial charge in [-0.1, -0.05) is 24.9 Å². The zero-order valence-corrected chi connectivity index (χ0v) is 15.9. The summed E-state index contributed by atoms with van der Waals surface area (Å²) in [6, 6.07) is 13.4. The van der Waals surface area contributed by atoms with Crippen molar-refractivity contribution in [2.45, 2.75) is 19.8 Å². The smallest absolute Gasteiger partial charge is 0.257 e. The molecular weight excluding hydrogens is 370 g/mol. The molecule has 0 aliphatic rings. The van der Waals surface area contributed by atoms with E-state index in [0.717, 1.165) is 12.8 Å². The molecule has 7 heteroatoms. The number of hydrogen-bond donors (Lipinski definition) is 3. The highest BCUT2D eigenvalue weighted by atomic mass is 35.5. The molecule has 0 saturated heterocycles. The molecular formula is C19H20ClN3O2S. The average Bonchev–Trinajstić information content (AvgIpc) is 2.62. The van der Waals surface area contributed by atoms with Gasteiger partial charge < -0.3 is 10.6 Å². The number of rotatable bonds is 6. The normalized spacial score (nSPS) is 10.1. The van der Waals surface area contributed by atoms with Gasteiger partial charge in [0.05, 0.1) is 0 Å². The van der Waals surface area contributed by atoms with Crippen LogP contribution in [-0.4, -0.2) is 23.5 Å². The summed E-state index contributed by atoms with van der Waals surface area (Å²) < 4.78 is 0. The number of thiocarbonyl (C=S) groups is 1. The minimum atomic E-state index is -0.328. The van der Waals surface area contributed by atoms with Gasteiger partial charge in [-0.2, -0.15) is 0 Å². The van der Waals surface area contributed by atoms with E-state index < -0.39 is 0 Å². The molecule has 0 aliphatic carbocycles. The first kappa shape index (κ1) is 19.9. The van der Waals surface area contributed by atoms with E-state index in [2.05, 4.69) is 22.9 Å². The molecule has 0 radical (unpaired) electrons. The second kappa shape index (κ2) is 9.89. The van der Waals surface area contributed by atoms with Crippen LogP contribution in [0.1, 0.15) is 40.5 Å². The lowest BCUT2D eigenvalue weighted by Crippen LogP contribution is -2.34. The molecule has 0 aromatic heterocycles. The third-order valence-corrected chi connectivity index (χ3v) is 4.01. The molecule has 0 fully saturated rings. The van der Waals surface area contributed by atoms with Gasteiger partial charge in [-0.05, 0) is 67.2 Å². The Labute approximate surface area is 163 Å². The monoisotopic (exact) mass is 389 g/mol. The summed E-state index contributed by atoms with van der Waals surface area (Å²) in [7, 11) is 0. The second-order valence-electron chi connectivity index (χ2n) is 5.60.